The van der Waals surface area contributed by atoms with E-state index >= 15 is 0 Å². The number of carbonyl (C=O) groups excluding carboxylic acids is 1. The first kappa shape index (κ1) is 19.5. The second-order valence-electron chi connectivity index (χ2n) is 6.82. The highest BCUT2D eigenvalue weighted by Gasteiger charge is 2.27. The van der Waals surface area contributed by atoms with E-state index in [1.54, 1.807) is 22.8 Å². The SMILES string of the molecule is CCCc1cc[n+](CC(=O)Nc2cccc(S(=O)(=O)N3CCCC3)c2)cc1. The van der Waals surface area contributed by atoms with Crippen LogP contribution in [0.3, 0.4) is 0 Å². The van der Waals surface area contributed by atoms with Crippen molar-refractivity contribution in [3.8, 4) is 0 Å². The second kappa shape index (κ2) is 8.63. The van der Waals surface area contributed by atoms with E-state index in [0.717, 1.165) is 25.7 Å². The molecule has 0 bridgehead atoms. The number of sulfonamides is 1. The van der Waals surface area contributed by atoms with Crippen LogP contribution in [0.4, 0.5) is 5.69 Å². The minimum absolute atomic E-state index is 0.176. The van der Waals surface area contributed by atoms with Crippen LogP contribution in [0, 0.1) is 0 Å². The molecule has 144 valence electrons. The normalized spacial score (nSPS) is 15.0. The van der Waals surface area contributed by atoms with Crippen LogP contribution in [0.25, 0.3) is 0 Å². The lowest BCUT2D eigenvalue weighted by molar-refractivity contribution is -0.684. The zero-order chi connectivity index (χ0) is 19.3. The van der Waals surface area contributed by atoms with Crippen molar-refractivity contribution in [1.82, 2.24) is 4.31 Å². The predicted octanol–water partition coefficient (Wildman–Crippen LogP) is 2.35. The highest BCUT2D eigenvalue weighted by Crippen LogP contribution is 2.23. The summed E-state index contributed by atoms with van der Waals surface area (Å²) >= 11 is 0. The topological polar surface area (TPSA) is 70.4 Å². The Morgan fingerprint density at radius 2 is 1.85 bits per heavy atom. The van der Waals surface area contributed by atoms with E-state index in [2.05, 4.69) is 12.2 Å². The number of pyridine rings is 1. The molecule has 6 nitrogen and oxygen atoms in total. The van der Waals surface area contributed by atoms with E-state index < -0.39 is 10.0 Å². The summed E-state index contributed by atoms with van der Waals surface area (Å²) in [4.78, 5) is 12.5. The molecule has 1 aromatic carbocycles. The van der Waals surface area contributed by atoms with Gasteiger partial charge in [-0.3, -0.25) is 4.79 Å². The third-order valence-corrected chi connectivity index (χ3v) is 6.54. The summed E-state index contributed by atoms with van der Waals surface area (Å²) in [5, 5.41) is 2.79. The van der Waals surface area contributed by atoms with Gasteiger partial charge in [-0.05, 0) is 43.0 Å². The number of nitrogens with zero attached hydrogens (tertiary/aromatic N) is 2. The van der Waals surface area contributed by atoms with Crippen LogP contribution >= 0.6 is 0 Å². The third kappa shape index (κ3) is 4.93. The fourth-order valence-electron chi connectivity index (χ4n) is 3.23. The molecule has 0 atom stereocenters. The van der Waals surface area contributed by atoms with E-state index in [-0.39, 0.29) is 17.3 Å². The molecule has 1 amide bonds. The van der Waals surface area contributed by atoms with Gasteiger partial charge in [-0.1, -0.05) is 19.4 Å². The molecular formula is C20H26N3O3S+. The number of hydrogen-bond donors (Lipinski definition) is 1. The number of nitrogens with one attached hydrogen (secondary N) is 1. The Morgan fingerprint density at radius 3 is 2.52 bits per heavy atom. The molecule has 0 spiro atoms. The van der Waals surface area contributed by atoms with Crippen molar-refractivity contribution < 1.29 is 17.8 Å². The van der Waals surface area contributed by atoms with Gasteiger partial charge in [-0.2, -0.15) is 8.87 Å². The molecule has 1 aliphatic rings. The number of aromatic nitrogens is 1. The van der Waals surface area contributed by atoms with Crippen LogP contribution < -0.4 is 9.88 Å². The number of anilines is 1. The van der Waals surface area contributed by atoms with Crippen LogP contribution in [0.5, 0.6) is 0 Å². The zero-order valence-corrected chi connectivity index (χ0v) is 16.4. The van der Waals surface area contributed by atoms with E-state index in [1.165, 1.54) is 15.9 Å². The number of rotatable bonds is 7. The molecule has 0 aliphatic carbocycles. The molecule has 0 radical (unpaired) electrons. The van der Waals surface area contributed by atoms with Gasteiger partial charge in [-0.15, -0.1) is 0 Å². The van der Waals surface area contributed by atoms with Crippen molar-refractivity contribution >= 4 is 21.6 Å². The maximum Gasteiger partial charge on any atom is 0.290 e. The van der Waals surface area contributed by atoms with Crippen LogP contribution in [0.15, 0.2) is 53.7 Å². The van der Waals surface area contributed by atoms with Crippen molar-refractivity contribution in [1.29, 1.82) is 0 Å². The number of benzene rings is 1. The van der Waals surface area contributed by atoms with E-state index in [9.17, 15) is 13.2 Å². The Morgan fingerprint density at radius 1 is 1.15 bits per heavy atom. The quantitative estimate of drug-likeness (QED) is 0.740. The second-order valence-corrected chi connectivity index (χ2v) is 8.75. The first-order chi connectivity index (χ1) is 13.0. The maximum absolute atomic E-state index is 12.7. The molecule has 3 rings (SSSR count). The van der Waals surface area contributed by atoms with Gasteiger partial charge >= 0.3 is 0 Å². The largest absolute Gasteiger partial charge is 0.321 e. The summed E-state index contributed by atoms with van der Waals surface area (Å²) in [5.41, 5.74) is 1.73. The Balaban J connectivity index is 1.66. The fourth-order valence-corrected chi connectivity index (χ4v) is 4.79. The van der Waals surface area contributed by atoms with Crippen LogP contribution in [0.2, 0.25) is 0 Å². The average molecular weight is 389 g/mol. The van der Waals surface area contributed by atoms with Crippen molar-refractivity contribution in [2.45, 2.75) is 44.0 Å². The van der Waals surface area contributed by atoms with E-state index in [0.29, 0.717) is 18.8 Å². The molecule has 0 saturated carbocycles. The lowest BCUT2D eigenvalue weighted by Gasteiger charge is -2.16. The highest BCUT2D eigenvalue weighted by molar-refractivity contribution is 7.89. The molecule has 1 N–H and O–H groups in total. The smallest absolute Gasteiger partial charge is 0.290 e. The van der Waals surface area contributed by atoms with Gasteiger partial charge in [0.1, 0.15) is 0 Å². The van der Waals surface area contributed by atoms with E-state index in [4.69, 9.17) is 0 Å². The molecule has 1 saturated heterocycles. The zero-order valence-electron chi connectivity index (χ0n) is 15.6. The average Bonchev–Trinajstić information content (AvgIpc) is 3.19. The Labute approximate surface area is 160 Å². The molecular weight excluding hydrogens is 362 g/mol. The fraction of sp³-hybridized carbons (Fsp3) is 0.400. The number of hydrogen-bond acceptors (Lipinski definition) is 3. The molecule has 0 unspecified atom stereocenters. The van der Waals surface area contributed by atoms with Gasteiger partial charge < -0.3 is 5.32 Å². The minimum Gasteiger partial charge on any atom is -0.321 e. The van der Waals surface area contributed by atoms with Gasteiger partial charge in [0.25, 0.3) is 5.91 Å². The molecule has 2 aromatic rings. The van der Waals surface area contributed by atoms with Crippen molar-refractivity contribution in [3.05, 3.63) is 54.4 Å². The monoisotopic (exact) mass is 388 g/mol. The van der Waals surface area contributed by atoms with Gasteiger partial charge in [-0.25, -0.2) is 8.42 Å². The van der Waals surface area contributed by atoms with Crippen molar-refractivity contribution in [2.24, 2.45) is 0 Å². The van der Waals surface area contributed by atoms with E-state index in [1.807, 2.05) is 24.5 Å². The first-order valence-corrected chi connectivity index (χ1v) is 10.8. The predicted molar refractivity (Wildman–Crippen MR) is 104 cm³/mol. The minimum atomic E-state index is -3.49. The number of aryl methyl sites for hydroxylation is 1. The Kier molecular flexibility index (Phi) is 6.23. The Hall–Kier alpha value is -2.25. The van der Waals surface area contributed by atoms with Crippen molar-refractivity contribution in [3.63, 3.8) is 0 Å². The number of carbonyl (C=O) groups is 1. The molecule has 7 heteroatoms. The summed E-state index contributed by atoms with van der Waals surface area (Å²) in [6.45, 7) is 3.43. The summed E-state index contributed by atoms with van der Waals surface area (Å²) in [7, 11) is -3.49. The summed E-state index contributed by atoms with van der Waals surface area (Å²) in [5.74, 6) is -0.195. The highest BCUT2D eigenvalue weighted by atomic mass is 32.2. The molecule has 1 aliphatic heterocycles. The standard InChI is InChI=1S/C20H25N3O3S/c1-2-6-17-9-13-22(14-10-17)16-20(24)21-18-7-5-8-19(15-18)27(25,26)23-11-3-4-12-23/h5,7-10,13-15H,2-4,6,11-12,16H2,1H3/p+1. The molecule has 2 heterocycles. The first-order valence-electron chi connectivity index (χ1n) is 9.37. The lowest BCUT2D eigenvalue weighted by Crippen LogP contribution is -2.39. The van der Waals surface area contributed by atoms with Crippen molar-refractivity contribution in [2.75, 3.05) is 18.4 Å². The lowest BCUT2D eigenvalue weighted by atomic mass is 10.2. The maximum atomic E-state index is 12.7. The van der Waals surface area contributed by atoms with Gasteiger partial charge in [0, 0.05) is 30.9 Å². The van der Waals surface area contributed by atoms with Gasteiger partial charge in [0.2, 0.25) is 16.6 Å². The third-order valence-electron chi connectivity index (χ3n) is 4.65. The number of amides is 1. The van der Waals surface area contributed by atoms with Crippen LogP contribution in [-0.4, -0.2) is 31.7 Å². The summed E-state index contributed by atoms with van der Waals surface area (Å²) in [6.07, 6.45) is 7.66. The van der Waals surface area contributed by atoms with Crippen LogP contribution in [0.1, 0.15) is 31.7 Å². The summed E-state index contributed by atoms with van der Waals surface area (Å²) in [6, 6.07) is 10.5. The summed E-state index contributed by atoms with van der Waals surface area (Å²) < 4.78 is 28.6. The Bertz CT molecular complexity index is 889. The molecule has 1 aromatic heterocycles. The van der Waals surface area contributed by atoms with Crippen LogP contribution in [-0.2, 0) is 27.8 Å². The van der Waals surface area contributed by atoms with Gasteiger partial charge in [0.05, 0.1) is 4.90 Å². The molecule has 1 fully saturated rings. The van der Waals surface area contributed by atoms with Gasteiger partial charge in [0.15, 0.2) is 12.4 Å². The molecule has 27 heavy (non-hydrogen) atoms.